The second kappa shape index (κ2) is 12.7. The molecule has 1 aliphatic rings. The van der Waals surface area contributed by atoms with Gasteiger partial charge in [0.25, 0.3) is 0 Å². The first kappa shape index (κ1) is 24.3. The number of nitrogens with zero attached hydrogens (tertiary/aromatic N) is 2. The summed E-state index contributed by atoms with van der Waals surface area (Å²) in [6.07, 6.45) is 2.59. The summed E-state index contributed by atoms with van der Waals surface area (Å²) in [5.41, 5.74) is 0. The lowest BCUT2D eigenvalue weighted by molar-refractivity contribution is 0.141. The molecule has 27 heavy (non-hydrogen) atoms. The van der Waals surface area contributed by atoms with Crippen molar-refractivity contribution in [3.63, 3.8) is 0 Å². The van der Waals surface area contributed by atoms with E-state index in [1.165, 1.54) is 19.4 Å². The van der Waals surface area contributed by atoms with E-state index in [4.69, 9.17) is 16.3 Å². The van der Waals surface area contributed by atoms with Crippen molar-refractivity contribution < 1.29 is 4.74 Å². The summed E-state index contributed by atoms with van der Waals surface area (Å²) in [5, 5.41) is 7.53. The molecular weight excluding hydrogens is 475 g/mol. The molecule has 2 rings (SSSR count). The molecule has 1 saturated heterocycles. The van der Waals surface area contributed by atoms with Gasteiger partial charge in [0.1, 0.15) is 11.9 Å². The summed E-state index contributed by atoms with van der Waals surface area (Å²) < 4.78 is 5.89. The molecule has 1 aromatic rings. The molecule has 0 bridgehead atoms. The molecule has 1 aliphatic heterocycles. The van der Waals surface area contributed by atoms with Gasteiger partial charge in [-0.25, -0.2) is 0 Å². The van der Waals surface area contributed by atoms with E-state index in [1.807, 2.05) is 31.2 Å². The normalized spacial score (nSPS) is 19.3. The minimum Gasteiger partial charge on any atom is -0.489 e. The predicted octanol–water partition coefficient (Wildman–Crippen LogP) is 4.01. The van der Waals surface area contributed by atoms with Crippen LogP contribution in [0.2, 0.25) is 5.02 Å². The van der Waals surface area contributed by atoms with Crippen LogP contribution in [0.15, 0.2) is 29.3 Å². The van der Waals surface area contributed by atoms with E-state index < -0.39 is 0 Å². The number of hydrogen-bond donors (Lipinski definition) is 2. The number of likely N-dealkylation sites (tertiary alicyclic amines) is 1. The second-order valence-electron chi connectivity index (χ2n) is 7.31. The third kappa shape index (κ3) is 8.87. The summed E-state index contributed by atoms with van der Waals surface area (Å²) in [4.78, 5) is 6.89. The molecule has 1 heterocycles. The molecule has 154 valence electrons. The van der Waals surface area contributed by atoms with E-state index in [0.29, 0.717) is 23.5 Å². The number of hydrogen-bond acceptors (Lipinski definition) is 3. The molecule has 2 unspecified atom stereocenters. The van der Waals surface area contributed by atoms with Gasteiger partial charge in [-0.3, -0.25) is 4.99 Å². The monoisotopic (exact) mass is 508 g/mol. The minimum absolute atomic E-state index is 0. The third-order valence-corrected chi connectivity index (χ3v) is 5.02. The fourth-order valence-electron chi connectivity index (χ4n) is 3.22. The lowest BCUT2D eigenvalue weighted by Crippen LogP contribution is -2.47. The molecule has 0 radical (unpaired) electrons. The summed E-state index contributed by atoms with van der Waals surface area (Å²) in [5.74, 6) is 2.33. The van der Waals surface area contributed by atoms with E-state index in [9.17, 15) is 0 Å². The van der Waals surface area contributed by atoms with Crippen molar-refractivity contribution in [1.82, 2.24) is 15.5 Å². The molecule has 0 saturated carbocycles. The number of rotatable bonds is 7. The zero-order chi connectivity index (χ0) is 18.9. The van der Waals surface area contributed by atoms with Crippen LogP contribution in [-0.4, -0.2) is 56.2 Å². The Hall–Kier alpha value is -0.730. The van der Waals surface area contributed by atoms with Crippen LogP contribution in [-0.2, 0) is 0 Å². The predicted molar refractivity (Wildman–Crippen MR) is 126 cm³/mol. The first-order chi connectivity index (χ1) is 12.5. The van der Waals surface area contributed by atoms with Crippen molar-refractivity contribution in [3.8, 4) is 5.75 Å². The number of ether oxygens (including phenoxy) is 1. The van der Waals surface area contributed by atoms with Crippen LogP contribution >= 0.6 is 35.6 Å². The third-order valence-electron chi connectivity index (χ3n) is 4.77. The molecular formula is C20H34ClIN4O. The summed E-state index contributed by atoms with van der Waals surface area (Å²) >= 11 is 5.90. The Kier molecular flexibility index (Phi) is 11.4. The fourth-order valence-corrected chi connectivity index (χ4v) is 3.35. The van der Waals surface area contributed by atoms with Gasteiger partial charge in [0.2, 0.25) is 0 Å². The molecule has 5 nitrogen and oxygen atoms in total. The number of nitrogens with one attached hydrogen (secondary N) is 2. The van der Waals surface area contributed by atoms with E-state index >= 15 is 0 Å². The fraction of sp³-hybridized carbons (Fsp3) is 0.650. The van der Waals surface area contributed by atoms with Crippen molar-refractivity contribution in [1.29, 1.82) is 0 Å². The highest BCUT2D eigenvalue weighted by Gasteiger charge is 2.21. The van der Waals surface area contributed by atoms with E-state index in [1.54, 1.807) is 7.05 Å². The Morgan fingerprint density at radius 2 is 1.96 bits per heavy atom. The molecule has 2 atom stereocenters. The number of aliphatic imine (C=N–C) groups is 1. The lowest BCUT2D eigenvalue weighted by Gasteiger charge is -2.35. The molecule has 7 heteroatoms. The molecule has 2 N–H and O–H groups in total. The largest absolute Gasteiger partial charge is 0.489 e. The van der Waals surface area contributed by atoms with E-state index in [0.717, 1.165) is 24.8 Å². The Bertz CT molecular complexity index is 568. The Morgan fingerprint density at radius 1 is 1.26 bits per heavy atom. The summed E-state index contributed by atoms with van der Waals surface area (Å²) in [6, 6.07) is 8.07. The minimum atomic E-state index is 0. The molecule has 1 aromatic carbocycles. The van der Waals surface area contributed by atoms with Gasteiger partial charge in [-0.05, 0) is 70.3 Å². The van der Waals surface area contributed by atoms with Crippen LogP contribution < -0.4 is 15.4 Å². The standard InChI is InChI=1S/C20H33ClN4O.HI/c1-15(2)25-11-5-6-17(14-25)13-24-20(22-4)23-12-16(3)26-19-9-7-18(21)8-10-19;/h7-10,15-17H,5-6,11-14H2,1-4H3,(H2,22,23,24);1H. The number of guanidine groups is 1. The average Bonchev–Trinajstić information content (AvgIpc) is 2.64. The van der Waals surface area contributed by atoms with Gasteiger partial charge in [0.05, 0.1) is 6.54 Å². The highest BCUT2D eigenvalue weighted by molar-refractivity contribution is 14.0. The van der Waals surface area contributed by atoms with Crippen molar-refractivity contribution in [3.05, 3.63) is 29.3 Å². The number of halogens is 2. The van der Waals surface area contributed by atoms with Crippen LogP contribution in [0, 0.1) is 5.92 Å². The van der Waals surface area contributed by atoms with Crippen molar-refractivity contribution in [2.24, 2.45) is 10.9 Å². The Balaban J connectivity index is 0.00000364. The zero-order valence-electron chi connectivity index (χ0n) is 16.9. The van der Waals surface area contributed by atoms with Crippen LogP contribution in [0.25, 0.3) is 0 Å². The van der Waals surface area contributed by atoms with Crippen molar-refractivity contribution in [2.45, 2.75) is 45.8 Å². The maximum atomic E-state index is 5.90. The van der Waals surface area contributed by atoms with Crippen molar-refractivity contribution in [2.75, 3.05) is 33.2 Å². The smallest absolute Gasteiger partial charge is 0.191 e. The first-order valence-electron chi connectivity index (χ1n) is 9.58. The van der Waals surface area contributed by atoms with Crippen molar-refractivity contribution >= 4 is 41.5 Å². The van der Waals surface area contributed by atoms with Crippen LogP contribution in [0.5, 0.6) is 5.75 Å². The highest BCUT2D eigenvalue weighted by atomic mass is 127. The Labute approximate surface area is 186 Å². The number of piperidine rings is 1. The van der Waals surface area contributed by atoms with Gasteiger partial charge in [0.15, 0.2) is 5.96 Å². The summed E-state index contributed by atoms with van der Waals surface area (Å²) in [7, 11) is 1.81. The Morgan fingerprint density at radius 3 is 2.59 bits per heavy atom. The van der Waals surface area contributed by atoms with Gasteiger partial charge in [-0.2, -0.15) is 0 Å². The maximum absolute atomic E-state index is 5.90. The number of benzene rings is 1. The lowest BCUT2D eigenvalue weighted by atomic mass is 9.97. The van der Waals surface area contributed by atoms with Gasteiger partial charge >= 0.3 is 0 Å². The summed E-state index contributed by atoms with van der Waals surface area (Å²) in [6.45, 7) is 10.6. The van der Waals surface area contributed by atoms with E-state index in [-0.39, 0.29) is 30.1 Å². The molecule has 1 fully saturated rings. The SMILES string of the molecule is CN=C(NCC1CCCN(C(C)C)C1)NCC(C)Oc1ccc(Cl)cc1.I. The highest BCUT2D eigenvalue weighted by Crippen LogP contribution is 2.18. The van der Waals surface area contributed by atoms with E-state index in [2.05, 4.69) is 34.4 Å². The molecule has 0 aromatic heterocycles. The molecule has 0 aliphatic carbocycles. The quantitative estimate of drug-likeness (QED) is 0.332. The van der Waals surface area contributed by atoms with Gasteiger partial charge in [0, 0.05) is 31.2 Å². The zero-order valence-corrected chi connectivity index (χ0v) is 20.0. The van der Waals surface area contributed by atoms with Crippen LogP contribution in [0.3, 0.4) is 0 Å². The second-order valence-corrected chi connectivity index (χ2v) is 7.75. The topological polar surface area (TPSA) is 48.9 Å². The maximum Gasteiger partial charge on any atom is 0.191 e. The van der Waals surface area contributed by atoms with Crippen LogP contribution in [0.4, 0.5) is 0 Å². The average molecular weight is 509 g/mol. The van der Waals surface area contributed by atoms with Crippen LogP contribution in [0.1, 0.15) is 33.6 Å². The van der Waals surface area contributed by atoms with Gasteiger partial charge in [-0.15, -0.1) is 24.0 Å². The van der Waals surface area contributed by atoms with Gasteiger partial charge in [-0.1, -0.05) is 11.6 Å². The first-order valence-corrected chi connectivity index (χ1v) is 9.96. The molecule has 0 spiro atoms. The molecule has 0 amide bonds. The van der Waals surface area contributed by atoms with Gasteiger partial charge < -0.3 is 20.3 Å².